The molecule has 0 radical (unpaired) electrons. The van der Waals surface area contributed by atoms with Gasteiger partial charge in [0, 0.05) is 0 Å². The summed E-state index contributed by atoms with van der Waals surface area (Å²) in [5.41, 5.74) is -0.582. The average Bonchev–Trinajstić information content (AvgIpc) is 2.10. The van der Waals surface area contributed by atoms with Gasteiger partial charge in [0.2, 0.25) is 0 Å². The number of ether oxygens (including phenoxy) is 1. The number of hydrogen-bond donors (Lipinski definition) is 3. The molecule has 0 bridgehead atoms. The zero-order chi connectivity index (χ0) is 12.1. The summed E-state index contributed by atoms with van der Waals surface area (Å²) >= 11 is 0. The number of carbonyl (C=O) groups is 1. The molecule has 3 N–H and O–H groups in total. The minimum atomic E-state index is -0.762. The van der Waals surface area contributed by atoms with Gasteiger partial charge in [0.15, 0.2) is 0 Å². The van der Waals surface area contributed by atoms with Gasteiger partial charge in [0.1, 0.15) is 5.60 Å². The van der Waals surface area contributed by atoms with E-state index in [1.807, 2.05) is 0 Å². The van der Waals surface area contributed by atoms with Crippen LogP contribution in [-0.2, 0) is 4.74 Å². The van der Waals surface area contributed by atoms with Crippen LogP contribution in [0, 0.1) is 0 Å². The van der Waals surface area contributed by atoms with E-state index in [-0.39, 0.29) is 6.61 Å². The van der Waals surface area contributed by atoms with Crippen LogP contribution in [0.5, 0.6) is 0 Å². The smallest absolute Gasteiger partial charge is 0.408 e. The third-order valence-electron chi connectivity index (χ3n) is 1.78. The Morgan fingerprint density at radius 1 is 1.47 bits per heavy atom. The van der Waals surface area contributed by atoms with E-state index in [0.717, 1.165) is 0 Å². The Hall–Kier alpha value is -0.810. The van der Waals surface area contributed by atoms with Gasteiger partial charge < -0.3 is 20.3 Å². The summed E-state index contributed by atoms with van der Waals surface area (Å²) in [5, 5.41) is 20.8. The number of nitrogens with one attached hydrogen (secondary N) is 1. The van der Waals surface area contributed by atoms with Crippen molar-refractivity contribution in [1.29, 1.82) is 0 Å². The first-order valence-corrected chi connectivity index (χ1v) is 5.08. The predicted octanol–water partition coefficient (Wildman–Crippen LogP) is 0.643. The second-order valence-corrected chi connectivity index (χ2v) is 4.41. The standard InChI is InChI=1S/C10H21NO4/c1-5-8(13)7(6-12)11-9(14)15-10(2,3)4/h7-8,12-13H,5-6H2,1-4H3,(H,11,14). The molecule has 5 heteroatoms. The summed E-state index contributed by atoms with van der Waals surface area (Å²) < 4.78 is 4.99. The van der Waals surface area contributed by atoms with E-state index in [9.17, 15) is 9.90 Å². The quantitative estimate of drug-likeness (QED) is 0.648. The maximum absolute atomic E-state index is 11.3. The van der Waals surface area contributed by atoms with Crippen molar-refractivity contribution in [2.45, 2.75) is 51.9 Å². The van der Waals surface area contributed by atoms with Gasteiger partial charge in [0.25, 0.3) is 0 Å². The maximum Gasteiger partial charge on any atom is 0.408 e. The monoisotopic (exact) mass is 219 g/mol. The molecule has 0 saturated heterocycles. The number of rotatable bonds is 4. The highest BCUT2D eigenvalue weighted by atomic mass is 16.6. The van der Waals surface area contributed by atoms with Crippen molar-refractivity contribution in [3.63, 3.8) is 0 Å². The summed E-state index contributed by atoms with van der Waals surface area (Å²) in [4.78, 5) is 11.3. The van der Waals surface area contributed by atoms with Crippen molar-refractivity contribution in [1.82, 2.24) is 5.32 Å². The fourth-order valence-electron chi connectivity index (χ4n) is 1.01. The Labute approximate surface area is 90.4 Å². The predicted molar refractivity (Wildman–Crippen MR) is 56.5 cm³/mol. The molecule has 1 amide bonds. The lowest BCUT2D eigenvalue weighted by molar-refractivity contribution is 0.0346. The molecular formula is C10H21NO4. The first kappa shape index (κ1) is 14.2. The number of aliphatic hydroxyl groups excluding tert-OH is 2. The normalized spacial score (nSPS) is 15.6. The van der Waals surface area contributed by atoms with Crippen molar-refractivity contribution in [2.24, 2.45) is 0 Å². The first-order chi connectivity index (χ1) is 6.80. The van der Waals surface area contributed by atoms with Crippen molar-refractivity contribution in [3.05, 3.63) is 0 Å². The molecule has 5 nitrogen and oxygen atoms in total. The largest absolute Gasteiger partial charge is 0.444 e. The fourth-order valence-corrected chi connectivity index (χ4v) is 1.01. The highest BCUT2D eigenvalue weighted by Gasteiger charge is 2.22. The Kier molecular flexibility index (Phi) is 5.60. The second kappa shape index (κ2) is 5.92. The van der Waals surface area contributed by atoms with E-state index >= 15 is 0 Å². The number of hydrogen-bond acceptors (Lipinski definition) is 4. The molecule has 0 heterocycles. The van der Waals surface area contributed by atoms with Crippen molar-refractivity contribution < 1.29 is 19.7 Å². The molecule has 0 saturated carbocycles. The van der Waals surface area contributed by atoms with Crippen molar-refractivity contribution in [2.75, 3.05) is 6.61 Å². The third-order valence-corrected chi connectivity index (χ3v) is 1.78. The molecule has 0 rings (SSSR count). The molecular weight excluding hydrogens is 198 g/mol. The Morgan fingerprint density at radius 3 is 2.33 bits per heavy atom. The van der Waals surface area contributed by atoms with Crippen LogP contribution in [0.1, 0.15) is 34.1 Å². The molecule has 0 aromatic rings. The lowest BCUT2D eigenvalue weighted by Gasteiger charge is -2.24. The topological polar surface area (TPSA) is 78.8 Å². The second-order valence-electron chi connectivity index (χ2n) is 4.41. The van der Waals surface area contributed by atoms with Crippen LogP contribution in [0.4, 0.5) is 4.79 Å². The van der Waals surface area contributed by atoms with Gasteiger partial charge in [-0.1, -0.05) is 6.92 Å². The Balaban J connectivity index is 4.13. The van der Waals surface area contributed by atoms with Gasteiger partial charge in [-0.05, 0) is 27.2 Å². The SMILES string of the molecule is CCC(O)C(CO)NC(=O)OC(C)(C)C. The fraction of sp³-hybridized carbons (Fsp3) is 0.900. The molecule has 15 heavy (non-hydrogen) atoms. The molecule has 0 aliphatic rings. The minimum Gasteiger partial charge on any atom is -0.444 e. The van der Waals surface area contributed by atoms with Crippen LogP contribution in [0.2, 0.25) is 0 Å². The van der Waals surface area contributed by atoms with Gasteiger partial charge >= 0.3 is 6.09 Å². The summed E-state index contributed by atoms with van der Waals surface area (Å²) in [6.45, 7) is 6.70. The average molecular weight is 219 g/mol. The third kappa shape index (κ3) is 6.30. The first-order valence-electron chi connectivity index (χ1n) is 5.08. The van der Waals surface area contributed by atoms with Gasteiger partial charge in [-0.2, -0.15) is 0 Å². The van der Waals surface area contributed by atoms with Gasteiger partial charge in [-0.3, -0.25) is 0 Å². The summed E-state index contributed by atoms with van der Waals surface area (Å²) in [6, 6.07) is -0.676. The molecule has 0 spiro atoms. The highest BCUT2D eigenvalue weighted by Crippen LogP contribution is 2.07. The number of aliphatic hydroxyl groups is 2. The molecule has 90 valence electrons. The summed E-state index contributed by atoms with van der Waals surface area (Å²) in [5.74, 6) is 0. The van der Waals surface area contributed by atoms with Crippen LogP contribution >= 0.6 is 0 Å². The lowest BCUT2D eigenvalue weighted by Crippen LogP contribution is -2.47. The van der Waals surface area contributed by atoms with Crippen LogP contribution in [0.15, 0.2) is 0 Å². The van der Waals surface area contributed by atoms with E-state index < -0.39 is 23.8 Å². The van der Waals surface area contributed by atoms with Gasteiger partial charge in [-0.25, -0.2) is 4.79 Å². The number of carbonyl (C=O) groups excluding carboxylic acids is 1. The zero-order valence-corrected chi connectivity index (χ0v) is 9.78. The van der Waals surface area contributed by atoms with Crippen LogP contribution in [0.3, 0.4) is 0 Å². The van der Waals surface area contributed by atoms with E-state index in [1.165, 1.54) is 0 Å². The van der Waals surface area contributed by atoms with Crippen molar-refractivity contribution >= 4 is 6.09 Å². The van der Waals surface area contributed by atoms with Crippen molar-refractivity contribution in [3.8, 4) is 0 Å². The lowest BCUT2D eigenvalue weighted by atomic mass is 10.1. The van der Waals surface area contributed by atoms with E-state index in [4.69, 9.17) is 9.84 Å². The number of alkyl carbamates (subject to hydrolysis) is 1. The van der Waals surface area contributed by atoms with Crippen LogP contribution < -0.4 is 5.32 Å². The Bertz CT molecular complexity index is 200. The minimum absolute atomic E-state index is 0.311. The molecule has 0 aromatic carbocycles. The van der Waals surface area contributed by atoms with Gasteiger partial charge in [0.05, 0.1) is 18.8 Å². The number of amides is 1. The van der Waals surface area contributed by atoms with Crippen LogP contribution in [0.25, 0.3) is 0 Å². The Morgan fingerprint density at radius 2 is 2.00 bits per heavy atom. The molecule has 0 aliphatic carbocycles. The highest BCUT2D eigenvalue weighted by molar-refractivity contribution is 5.68. The van der Waals surface area contributed by atoms with E-state index in [2.05, 4.69) is 5.32 Å². The summed E-state index contributed by atoms with van der Waals surface area (Å²) in [6.07, 6.45) is -0.933. The summed E-state index contributed by atoms with van der Waals surface area (Å²) in [7, 11) is 0. The van der Waals surface area contributed by atoms with E-state index in [0.29, 0.717) is 6.42 Å². The maximum atomic E-state index is 11.3. The van der Waals surface area contributed by atoms with Gasteiger partial charge in [-0.15, -0.1) is 0 Å². The molecule has 0 aromatic heterocycles. The molecule has 0 aliphatic heterocycles. The zero-order valence-electron chi connectivity index (χ0n) is 9.78. The molecule has 2 atom stereocenters. The van der Waals surface area contributed by atoms with E-state index in [1.54, 1.807) is 27.7 Å². The molecule has 0 fully saturated rings. The molecule has 2 unspecified atom stereocenters. The van der Waals surface area contributed by atoms with Crippen LogP contribution in [-0.4, -0.2) is 40.7 Å².